The van der Waals surface area contributed by atoms with Gasteiger partial charge in [-0.3, -0.25) is 0 Å². The molecular weight excluding hydrogens is 420 g/mol. The number of nitrogens with zero attached hydrogens (tertiary/aromatic N) is 2. The van der Waals surface area contributed by atoms with Crippen LogP contribution in [0.5, 0.6) is 0 Å². The maximum Gasteiger partial charge on any atom is 0.149 e. The first kappa shape index (κ1) is 24.5. The summed E-state index contributed by atoms with van der Waals surface area (Å²) < 4.78 is 34.5. The van der Waals surface area contributed by atoms with E-state index in [0.717, 1.165) is 30.0 Å². The van der Waals surface area contributed by atoms with Crippen LogP contribution in [0.1, 0.15) is 43.4 Å². The maximum absolute atomic E-state index is 14.3. The summed E-state index contributed by atoms with van der Waals surface area (Å²) in [7, 11) is 0. The number of rotatable bonds is 7. The zero-order valence-electron chi connectivity index (χ0n) is 19.9. The second kappa shape index (κ2) is 11.6. The van der Waals surface area contributed by atoms with Gasteiger partial charge in [0, 0.05) is 18.7 Å². The van der Waals surface area contributed by atoms with E-state index in [1.165, 1.54) is 17.7 Å². The summed E-state index contributed by atoms with van der Waals surface area (Å²) in [6.07, 6.45) is 7.12. The Kier molecular flexibility index (Phi) is 8.64. The summed E-state index contributed by atoms with van der Waals surface area (Å²) in [4.78, 5) is 6.38. The summed E-state index contributed by atoms with van der Waals surface area (Å²) in [5.74, 6) is 0.818. The van der Waals surface area contributed by atoms with Crippen molar-refractivity contribution < 1.29 is 13.5 Å². The van der Waals surface area contributed by atoms with E-state index in [0.29, 0.717) is 31.2 Å². The highest BCUT2D eigenvalue weighted by Gasteiger charge is 2.24. The minimum absolute atomic E-state index is 0.0858. The Balaban J connectivity index is 1.56. The second-order valence-electron chi connectivity index (χ2n) is 8.55. The third kappa shape index (κ3) is 6.91. The lowest BCUT2D eigenvalue weighted by Gasteiger charge is -2.34. The van der Waals surface area contributed by atoms with Crippen LogP contribution >= 0.6 is 0 Å². The van der Waals surface area contributed by atoms with Gasteiger partial charge in [-0.1, -0.05) is 35.9 Å². The van der Waals surface area contributed by atoms with Crippen LogP contribution < -0.4 is 10.2 Å². The molecule has 0 unspecified atom stereocenters. The third-order valence-electron chi connectivity index (χ3n) is 5.73. The van der Waals surface area contributed by atoms with Crippen molar-refractivity contribution in [1.29, 1.82) is 0 Å². The van der Waals surface area contributed by atoms with E-state index in [-0.39, 0.29) is 5.69 Å². The number of amidine groups is 1. The van der Waals surface area contributed by atoms with Gasteiger partial charge in [-0.25, -0.2) is 13.8 Å². The van der Waals surface area contributed by atoms with E-state index in [1.54, 1.807) is 18.0 Å². The van der Waals surface area contributed by atoms with Gasteiger partial charge in [-0.2, -0.15) is 0 Å². The largest absolute Gasteiger partial charge is 0.496 e. The van der Waals surface area contributed by atoms with E-state index < -0.39 is 11.6 Å². The molecule has 1 aliphatic heterocycles. The second-order valence-corrected chi connectivity index (χ2v) is 8.55. The number of hydrogen-bond acceptors (Lipinski definition) is 3. The number of piperidine rings is 1. The molecule has 0 amide bonds. The fourth-order valence-electron chi connectivity index (χ4n) is 3.83. The summed E-state index contributed by atoms with van der Waals surface area (Å²) in [5.41, 5.74) is 2.86. The molecule has 2 aromatic rings. The first-order valence-electron chi connectivity index (χ1n) is 11.4. The van der Waals surface area contributed by atoms with E-state index in [2.05, 4.69) is 29.4 Å². The quantitative estimate of drug-likeness (QED) is 0.306. The SMILES string of the molecule is C/C=C/N/C(=N\C=C(\C)OCC1CCN(c2c(F)cc(C)cc2F)CC1)c1ccc(C)cc1. The smallest absolute Gasteiger partial charge is 0.149 e. The molecule has 2 aromatic carbocycles. The van der Waals surface area contributed by atoms with Crippen molar-refractivity contribution >= 4 is 11.5 Å². The van der Waals surface area contributed by atoms with E-state index in [1.807, 2.05) is 38.3 Å². The maximum atomic E-state index is 14.3. The molecule has 1 heterocycles. The molecule has 0 aromatic heterocycles. The minimum atomic E-state index is -0.491. The van der Waals surface area contributed by atoms with E-state index >= 15 is 0 Å². The van der Waals surface area contributed by atoms with E-state index in [4.69, 9.17) is 4.74 Å². The molecule has 1 aliphatic rings. The molecule has 0 spiro atoms. The molecule has 33 heavy (non-hydrogen) atoms. The van der Waals surface area contributed by atoms with Gasteiger partial charge in [-0.05, 0) is 70.4 Å². The Morgan fingerprint density at radius 1 is 1.09 bits per heavy atom. The fraction of sp³-hybridized carbons (Fsp3) is 0.370. The lowest BCUT2D eigenvalue weighted by molar-refractivity contribution is 0.150. The predicted molar refractivity (Wildman–Crippen MR) is 131 cm³/mol. The van der Waals surface area contributed by atoms with Crippen LogP contribution in [0.3, 0.4) is 0 Å². The lowest BCUT2D eigenvalue weighted by Crippen LogP contribution is -2.36. The normalized spacial score (nSPS) is 15.9. The first-order valence-corrected chi connectivity index (χ1v) is 11.4. The summed E-state index contributed by atoms with van der Waals surface area (Å²) >= 11 is 0. The monoisotopic (exact) mass is 453 g/mol. The zero-order valence-corrected chi connectivity index (χ0v) is 19.9. The number of aryl methyl sites for hydroxylation is 2. The van der Waals surface area contributed by atoms with Crippen molar-refractivity contribution in [2.24, 2.45) is 10.9 Å². The lowest BCUT2D eigenvalue weighted by atomic mass is 9.97. The van der Waals surface area contributed by atoms with Gasteiger partial charge < -0.3 is 15.0 Å². The van der Waals surface area contributed by atoms with Gasteiger partial charge in [0.2, 0.25) is 0 Å². The number of ether oxygens (including phenoxy) is 1. The molecule has 0 saturated carbocycles. The number of anilines is 1. The Hall–Kier alpha value is -3.15. The van der Waals surface area contributed by atoms with Gasteiger partial charge in [0.1, 0.15) is 28.9 Å². The Morgan fingerprint density at radius 3 is 2.33 bits per heavy atom. The molecule has 0 radical (unpaired) electrons. The van der Waals surface area contributed by atoms with Crippen molar-refractivity contribution in [3.63, 3.8) is 0 Å². The molecular formula is C27H33F2N3O. The molecule has 176 valence electrons. The van der Waals surface area contributed by atoms with Crippen molar-refractivity contribution in [3.8, 4) is 0 Å². The fourth-order valence-corrected chi connectivity index (χ4v) is 3.83. The Bertz CT molecular complexity index is 997. The molecule has 0 aliphatic carbocycles. The van der Waals surface area contributed by atoms with Crippen LogP contribution in [0.2, 0.25) is 0 Å². The van der Waals surface area contributed by atoms with Crippen LogP contribution in [0.25, 0.3) is 0 Å². The van der Waals surface area contributed by atoms with Crippen LogP contribution in [0.4, 0.5) is 14.5 Å². The zero-order chi connectivity index (χ0) is 23.8. The summed E-state index contributed by atoms with van der Waals surface area (Å²) in [6, 6.07) is 10.9. The average Bonchev–Trinajstić information content (AvgIpc) is 2.79. The van der Waals surface area contributed by atoms with Crippen LogP contribution in [-0.2, 0) is 4.74 Å². The Labute approximate surface area is 195 Å². The molecule has 0 atom stereocenters. The molecule has 3 rings (SSSR count). The number of aliphatic imine (C=N–C) groups is 1. The average molecular weight is 454 g/mol. The van der Waals surface area contributed by atoms with Gasteiger partial charge in [0.15, 0.2) is 0 Å². The number of hydrogen-bond donors (Lipinski definition) is 1. The molecule has 1 fully saturated rings. The molecule has 1 saturated heterocycles. The van der Waals surface area contributed by atoms with Gasteiger partial charge >= 0.3 is 0 Å². The number of nitrogens with one attached hydrogen (secondary N) is 1. The molecule has 6 heteroatoms. The number of halogens is 2. The number of benzene rings is 2. The van der Waals surface area contributed by atoms with Crippen molar-refractivity contribution in [2.75, 3.05) is 24.6 Å². The third-order valence-corrected chi connectivity index (χ3v) is 5.73. The molecule has 1 N–H and O–H groups in total. The van der Waals surface area contributed by atoms with Gasteiger partial charge in [0.05, 0.1) is 12.8 Å². The van der Waals surface area contributed by atoms with E-state index in [9.17, 15) is 8.78 Å². The summed E-state index contributed by atoms with van der Waals surface area (Å²) in [5, 5.41) is 3.20. The molecule has 0 bridgehead atoms. The standard InChI is InChI=1S/C27H33F2N3O/c1-5-12-30-27(23-8-6-19(2)7-9-23)31-17-21(4)33-18-22-10-13-32(14-11-22)26-24(28)15-20(3)16-25(26)29/h5-9,12,15-17,22H,10-11,13-14,18H2,1-4H3,(H,30,31)/b12-5+,21-17-. The predicted octanol–water partition coefficient (Wildman–Crippen LogP) is 6.25. The number of allylic oxidation sites excluding steroid dienone is 2. The topological polar surface area (TPSA) is 36.9 Å². The van der Waals surface area contributed by atoms with Gasteiger partial charge in [0.25, 0.3) is 0 Å². The van der Waals surface area contributed by atoms with Crippen molar-refractivity contribution in [1.82, 2.24) is 5.32 Å². The highest BCUT2D eigenvalue weighted by Crippen LogP contribution is 2.29. The first-order chi connectivity index (χ1) is 15.9. The van der Waals surface area contributed by atoms with Crippen molar-refractivity contribution in [2.45, 2.75) is 40.5 Å². The van der Waals surface area contributed by atoms with Crippen LogP contribution in [-0.4, -0.2) is 25.5 Å². The Morgan fingerprint density at radius 2 is 1.73 bits per heavy atom. The highest BCUT2D eigenvalue weighted by molar-refractivity contribution is 5.99. The van der Waals surface area contributed by atoms with Crippen LogP contribution in [0.15, 0.2) is 65.6 Å². The minimum Gasteiger partial charge on any atom is -0.496 e. The highest BCUT2D eigenvalue weighted by atomic mass is 19.1. The summed E-state index contributed by atoms with van der Waals surface area (Å²) in [6.45, 7) is 9.35. The molecule has 4 nitrogen and oxygen atoms in total. The van der Waals surface area contributed by atoms with Crippen LogP contribution in [0, 0.1) is 31.4 Å². The van der Waals surface area contributed by atoms with Gasteiger partial charge in [-0.15, -0.1) is 0 Å². The van der Waals surface area contributed by atoms with Crippen molar-refractivity contribution in [3.05, 3.63) is 89.0 Å².